The zero-order chi connectivity index (χ0) is 18.3. The number of fused-ring (bicyclic) bond motifs is 2. The summed E-state index contributed by atoms with van der Waals surface area (Å²) in [7, 11) is 0. The average molecular weight is 359 g/mol. The maximum Gasteiger partial charge on any atom is 0.229 e. The van der Waals surface area contributed by atoms with Crippen molar-refractivity contribution in [1.82, 2.24) is 19.7 Å². The van der Waals surface area contributed by atoms with Gasteiger partial charge < -0.3 is 16.4 Å². The van der Waals surface area contributed by atoms with Crippen LogP contribution in [0, 0.1) is 23.6 Å². The number of anilines is 3. The molecule has 2 aromatic rings. The van der Waals surface area contributed by atoms with Crippen LogP contribution in [0.3, 0.4) is 0 Å². The highest BCUT2D eigenvalue weighted by Gasteiger charge is 2.50. The Hall–Kier alpha value is -2.71. The number of hydrogen-bond donors (Lipinski definition) is 3. The minimum atomic E-state index is -0.550. The molecule has 4 N–H and O–H groups in total. The molecule has 2 aliphatic carbocycles. The molecule has 0 aliphatic heterocycles. The molecular formula is C17H22FN7O. The molecule has 0 unspecified atom stereocenters. The molecule has 8 nitrogen and oxygen atoms in total. The van der Waals surface area contributed by atoms with Crippen molar-refractivity contribution in [2.24, 2.45) is 23.5 Å². The molecular weight excluding hydrogens is 337 g/mol. The molecule has 0 aromatic carbocycles. The van der Waals surface area contributed by atoms with Gasteiger partial charge in [-0.2, -0.15) is 10.1 Å². The van der Waals surface area contributed by atoms with Gasteiger partial charge in [-0.25, -0.2) is 9.37 Å². The van der Waals surface area contributed by atoms with Gasteiger partial charge in [0.25, 0.3) is 0 Å². The standard InChI is InChI=1S/C17H22FN7O/c1-2-25-8-11(6-21-25)22-17-20-7-12(18)16(24-17)23-14-10-4-3-9(5-10)13(14)15(19)26/h6-10,13-14H,2-5H2,1H3,(H2,19,26)(H2,20,22,23,24)/t9-,10+,13+,14-/m1/s1. The van der Waals surface area contributed by atoms with Gasteiger partial charge in [0.1, 0.15) is 0 Å². The van der Waals surface area contributed by atoms with Crippen LogP contribution in [-0.4, -0.2) is 31.7 Å². The Morgan fingerprint density at radius 2 is 2.19 bits per heavy atom. The number of carbonyl (C=O) groups is 1. The van der Waals surface area contributed by atoms with Crippen molar-refractivity contribution < 1.29 is 9.18 Å². The van der Waals surface area contributed by atoms with Crippen molar-refractivity contribution in [2.75, 3.05) is 10.6 Å². The number of amides is 1. The molecule has 4 atom stereocenters. The van der Waals surface area contributed by atoms with Crippen LogP contribution in [0.2, 0.25) is 0 Å². The third kappa shape index (κ3) is 2.97. The number of aromatic nitrogens is 4. The fraction of sp³-hybridized carbons (Fsp3) is 0.529. The first kappa shape index (κ1) is 16.7. The second-order valence-electron chi connectivity index (χ2n) is 7.03. The lowest BCUT2D eigenvalue weighted by Gasteiger charge is -2.30. The molecule has 1 amide bonds. The van der Waals surface area contributed by atoms with E-state index in [-0.39, 0.29) is 35.6 Å². The fourth-order valence-electron chi connectivity index (χ4n) is 4.33. The molecule has 2 fully saturated rings. The molecule has 0 radical (unpaired) electrons. The maximum absolute atomic E-state index is 14.2. The largest absolute Gasteiger partial charge is 0.369 e. The van der Waals surface area contributed by atoms with Gasteiger partial charge in [-0.05, 0) is 38.0 Å². The minimum absolute atomic E-state index is 0.0918. The van der Waals surface area contributed by atoms with E-state index in [1.165, 1.54) is 0 Å². The Morgan fingerprint density at radius 3 is 2.92 bits per heavy atom. The SMILES string of the molecule is CCn1cc(Nc2ncc(F)c(N[C@@H]3[C@H]4CC[C@H](C4)[C@@H]3C(N)=O)n2)cn1. The van der Waals surface area contributed by atoms with E-state index >= 15 is 0 Å². The summed E-state index contributed by atoms with van der Waals surface area (Å²) in [4.78, 5) is 20.1. The summed E-state index contributed by atoms with van der Waals surface area (Å²) in [6.45, 7) is 2.73. The van der Waals surface area contributed by atoms with Crippen molar-refractivity contribution in [3.05, 3.63) is 24.4 Å². The molecule has 2 saturated carbocycles. The lowest BCUT2D eigenvalue weighted by atomic mass is 9.84. The van der Waals surface area contributed by atoms with Crippen molar-refractivity contribution in [1.29, 1.82) is 0 Å². The molecule has 26 heavy (non-hydrogen) atoms. The first-order valence-corrected chi connectivity index (χ1v) is 8.93. The van der Waals surface area contributed by atoms with Crippen LogP contribution < -0.4 is 16.4 Å². The quantitative estimate of drug-likeness (QED) is 0.726. The topological polar surface area (TPSA) is 111 Å². The van der Waals surface area contributed by atoms with Crippen LogP contribution >= 0.6 is 0 Å². The summed E-state index contributed by atoms with van der Waals surface area (Å²) < 4.78 is 16.0. The summed E-state index contributed by atoms with van der Waals surface area (Å²) in [5.41, 5.74) is 6.31. The predicted molar refractivity (Wildman–Crippen MR) is 94.1 cm³/mol. The second-order valence-corrected chi connectivity index (χ2v) is 7.03. The first-order valence-electron chi connectivity index (χ1n) is 8.93. The van der Waals surface area contributed by atoms with Crippen molar-refractivity contribution in [3.8, 4) is 0 Å². The van der Waals surface area contributed by atoms with Crippen LogP contribution in [0.25, 0.3) is 0 Å². The van der Waals surface area contributed by atoms with Crippen molar-refractivity contribution in [2.45, 2.75) is 38.8 Å². The minimum Gasteiger partial charge on any atom is -0.369 e. The molecule has 2 bridgehead atoms. The van der Waals surface area contributed by atoms with Crippen molar-refractivity contribution >= 4 is 23.4 Å². The first-order chi connectivity index (χ1) is 12.5. The Kier molecular flexibility index (Phi) is 4.21. The van der Waals surface area contributed by atoms with Gasteiger partial charge in [0.05, 0.1) is 24.0 Å². The van der Waals surface area contributed by atoms with E-state index in [2.05, 4.69) is 25.7 Å². The number of aryl methyl sites for hydroxylation is 1. The molecule has 9 heteroatoms. The summed E-state index contributed by atoms with van der Waals surface area (Å²) >= 11 is 0. The van der Waals surface area contributed by atoms with Crippen LogP contribution in [0.1, 0.15) is 26.2 Å². The highest BCUT2D eigenvalue weighted by Crippen LogP contribution is 2.49. The summed E-state index contributed by atoms with van der Waals surface area (Å²) in [6.07, 6.45) is 7.59. The van der Waals surface area contributed by atoms with Crippen LogP contribution in [-0.2, 0) is 11.3 Å². The van der Waals surface area contributed by atoms with Crippen LogP contribution in [0.4, 0.5) is 21.8 Å². The van der Waals surface area contributed by atoms with E-state index in [0.29, 0.717) is 5.92 Å². The average Bonchev–Trinajstić information content (AvgIpc) is 3.33. The highest BCUT2D eigenvalue weighted by molar-refractivity contribution is 5.79. The number of carbonyl (C=O) groups excluding carboxylic acids is 1. The number of rotatable bonds is 6. The third-order valence-electron chi connectivity index (χ3n) is 5.51. The molecule has 4 rings (SSSR count). The van der Waals surface area contributed by atoms with Crippen molar-refractivity contribution in [3.63, 3.8) is 0 Å². The van der Waals surface area contributed by atoms with E-state index < -0.39 is 5.82 Å². The Bertz CT molecular complexity index is 823. The Morgan fingerprint density at radius 1 is 1.38 bits per heavy atom. The number of nitrogens with one attached hydrogen (secondary N) is 2. The van der Waals surface area contributed by atoms with Gasteiger partial charge in [-0.15, -0.1) is 0 Å². The molecule has 2 aliphatic rings. The van der Waals surface area contributed by atoms with Crippen LogP contribution in [0.15, 0.2) is 18.6 Å². The monoisotopic (exact) mass is 359 g/mol. The smallest absolute Gasteiger partial charge is 0.229 e. The van der Waals surface area contributed by atoms with E-state index in [1.54, 1.807) is 10.9 Å². The zero-order valence-electron chi connectivity index (χ0n) is 14.5. The lowest BCUT2D eigenvalue weighted by molar-refractivity contribution is -0.123. The molecule has 2 aromatic heterocycles. The fourth-order valence-corrected chi connectivity index (χ4v) is 4.33. The maximum atomic E-state index is 14.2. The Labute approximate surface area is 150 Å². The second kappa shape index (κ2) is 6.54. The lowest BCUT2D eigenvalue weighted by Crippen LogP contribution is -2.42. The predicted octanol–water partition coefficient (Wildman–Crippen LogP) is 1.89. The van der Waals surface area contributed by atoms with E-state index in [0.717, 1.165) is 37.7 Å². The number of nitrogens with zero attached hydrogens (tertiary/aromatic N) is 4. The molecule has 138 valence electrons. The highest BCUT2D eigenvalue weighted by atomic mass is 19.1. The Balaban J connectivity index is 1.54. The number of hydrogen-bond acceptors (Lipinski definition) is 6. The molecule has 0 saturated heterocycles. The van der Waals surface area contributed by atoms with E-state index in [1.807, 2.05) is 13.1 Å². The van der Waals surface area contributed by atoms with E-state index in [4.69, 9.17) is 5.73 Å². The van der Waals surface area contributed by atoms with Gasteiger partial charge in [0.2, 0.25) is 11.9 Å². The molecule has 2 heterocycles. The van der Waals surface area contributed by atoms with Gasteiger partial charge >= 0.3 is 0 Å². The van der Waals surface area contributed by atoms with E-state index in [9.17, 15) is 9.18 Å². The van der Waals surface area contributed by atoms with Gasteiger partial charge in [0, 0.05) is 18.8 Å². The van der Waals surface area contributed by atoms with Crippen LogP contribution in [0.5, 0.6) is 0 Å². The summed E-state index contributed by atoms with van der Waals surface area (Å²) in [6, 6.07) is -0.175. The van der Waals surface area contributed by atoms with Gasteiger partial charge in [0.15, 0.2) is 11.6 Å². The number of halogens is 1. The molecule has 0 spiro atoms. The number of primary amides is 1. The van der Waals surface area contributed by atoms with Gasteiger partial charge in [-0.1, -0.05) is 0 Å². The normalized spacial score (nSPS) is 26.8. The van der Waals surface area contributed by atoms with Gasteiger partial charge in [-0.3, -0.25) is 9.48 Å². The third-order valence-corrected chi connectivity index (χ3v) is 5.51. The zero-order valence-corrected chi connectivity index (χ0v) is 14.5. The summed E-state index contributed by atoms with van der Waals surface area (Å²) in [5, 5.41) is 10.3. The summed E-state index contributed by atoms with van der Waals surface area (Å²) in [5.74, 6) is -0.177. The number of nitrogens with two attached hydrogens (primary N) is 1.